The number of carbonyl (C=O) groups excluding carboxylic acids is 1. The van der Waals surface area contributed by atoms with E-state index in [0.29, 0.717) is 13.1 Å². The van der Waals surface area contributed by atoms with Gasteiger partial charge in [-0.05, 0) is 19.1 Å². The summed E-state index contributed by atoms with van der Waals surface area (Å²) in [6, 6.07) is 3.81. The highest BCUT2D eigenvalue weighted by Crippen LogP contribution is 2.19. The number of hydrogen-bond acceptors (Lipinski definition) is 6. The van der Waals surface area contributed by atoms with Crippen molar-refractivity contribution in [2.45, 2.75) is 32.4 Å². The largest absolute Gasteiger partial charge is 0.489 e. The molecule has 10 heteroatoms. The quantitative estimate of drug-likeness (QED) is 0.607. The van der Waals surface area contributed by atoms with Crippen LogP contribution in [0.3, 0.4) is 0 Å². The van der Waals surface area contributed by atoms with E-state index in [1.54, 1.807) is 18.1 Å². The van der Waals surface area contributed by atoms with Crippen LogP contribution in [0.4, 0.5) is 0 Å². The van der Waals surface area contributed by atoms with Crippen molar-refractivity contribution in [3.8, 4) is 5.75 Å². The number of amides is 1. The van der Waals surface area contributed by atoms with Crippen molar-refractivity contribution in [3.63, 3.8) is 0 Å². The molecule has 4 heterocycles. The van der Waals surface area contributed by atoms with Crippen LogP contribution in [0, 0.1) is 6.92 Å². The minimum absolute atomic E-state index is 0.00263. The van der Waals surface area contributed by atoms with Crippen LogP contribution in [0.25, 0.3) is 11.2 Å². The van der Waals surface area contributed by atoms with Gasteiger partial charge in [0.2, 0.25) is 5.91 Å². The number of piperidine rings is 1. The van der Waals surface area contributed by atoms with Gasteiger partial charge in [0.1, 0.15) is 18.4 Å². The van der Waals surface area contributed by atoms with Gasteiger partial charge in [-0.3, -0.25) is 23.7 Å². The van der Waals surface area contributed by atoms with E-state index in [-0.39, 0.29) is 29.7 Å². The number of imidazole rings is 1. The zero-order valence-electron chi connectivity index (χ0n) is 17.2. The molecule has 0 unspecified atom stereocenters. The van der Waals surface area contributed by atoms with E-state index in [2.05, 4.69) is 9.97 Å². The maximum Gasteiger partial charge on any atom is 0.332 e. The summed E-state index contributed by atoms with van der Waals surface area (Å²) in [6.45, 7) is 3.07. The molecule has 0 bridgehead atoms. The second-order valence-electron chi connectivity index (χ2n) is 7.58. The summed E-state index contributed by atoms with van der Waals surface area (Å²) in [5.41, 5.74) is 0.546. The van der Waals surface area contributed by atoms with Gasteiger partial charge in [-0.25, -0.2) is 9.78 Å². The summed E-state index contributed by atoms with van der Waals surface area (Å²) in [7, 11) is 2.97. The van der Waals surface area contributed by atoms with Crippen molar-refractivity contribution < 1.29 is 9.53 Å². The Labute approximate surface area is 172 Å². The number of hydrogen-bond donors (Lipinski definition) is 0. The molecule has 0 atom stereocenters. The third-order valence-corrected chi connectivity index (χ3v) is 5.50. The molecule has 10 nitrogen and oxygen atoms in total. The first-order chi connectivity index (χ1) is 14.3. The molecular formula is C20H24N6O4. The van der Waals surface area contributed by atoms with Gasteiger partial charge in [-0.1, -0.05) is 0 Å². The van der Waals surface area contributed by atoms with E-state index < -0.39 is 11.2 Å². The Kier molecular flexibility index (Phi) is 5.15. The van der Waals surface area contributed by atoms with Gasteiger partial charge in [0, 0.05) is 45.7 Å². The minimum atomic E-state index is -0.461. The van der Waals surface area contributed by atoms with Gasteiger partial charge in [-0.2, -0.15) is 0 Å². The molecule has 1 saturated heterocycles. The molecule has 1 aliphatic heterocycles. The molecule has 1 fully saturated rings. The SMILES string of the molecule is Cc1ccc(OC2CCN(C(=O)Cn3cnc4c3c(=O)n(C)c(=O)n4C)CC2)cn1. The monoisotopic (exact) mass is 412 g/mol. The van der Waals surface area contributed by atoms with E-state index in [1.165, 1.54) is 22.5 Å². The molecule has 0 aliphatic carbocycles. The third kappa shape index (κ3) is 3.60. The number of fused-ring (bicyclic) bond motifs is 1. The van der Waals surface area contributed by atoms with Crippen LogP contribution in [-0.2, 0) is 25.4 Å². The number of aromatic nitrogens is 5. The van der Waals surface area contributed by atoms with E-state index in [0.717, 1.165) is 28.9 Å². The van der Waals surface area contributed by atoms with Gasteiger partial charge in [0.05, 0.1) is 12.5 Å². The molecule has 158 valence electrons. The van der Waals surface area contributed by atoms with Crippen molar-refractivity contribution in [1.82, 2.24) is 28.6 Å². The highest BCUT2D eigenvalue weighted by molar-refractivity contribution is 5.79. The highest BCUT2D eigenvalue weighted by Gasteiger charge is 2.25. The zero-order valence-corrected chi connectivity index (χ0v) is 17.2. The molecule has 4 rings (SSSR count). The maximum absolute atomic E-state index is 12.8. The van der Waals surface area contributed by atoms with Gasteiger partial charge in [-0.15, -0.1) is 0 Å². The molecule has 0 N–H and O–H groups in total. The van der Waals surface area contributed by atoms with E-state index in [1.807, 2.05) is 19.1 Å². The van der Waals surface area contributed by atoms with Gasteiger partial charge < -0.3 is 14.2 Å². The number of nitrogens with zero attached hydrogens (tertiary/aromatic N) is 6. The predicted octanol–water partition coefficient (Wildman–Crippen LogP) is 0.207. The average molecular weight is 412 g/mol. The summed E-state index contributed by atoms with van der Waals surface area (Å²) in [6.07, 6.45) is 4.63. The fourth-order valence-electron chi connectivity index (χ4n) is 3.70. The lowest BCUT2D eigenvalue weighted by molar-refractivity contribution is -0.133. The van der Waals surface area contributed by atoms with E-state index in [9.17, 15) is 14.4 Å². The molecule has 0 aromatic carbocycles. The lowest BCUT2D eigenvalue weighted by atomic mass is 10.1. The summed E-state index contributed by atoms with van der Waals surface area (Å²) >= 11 is 0. The number of aryl methyl sites for hydroxylation is 2. The third-order valence-electron chi connectivity index (χ3n) is 5.50. The van der Waals surface area contributed by atoms with Gasteiger partial charge in [0.25, 0.3) is 5.56 Å². The number of likely N-dealkylation sites (tertiary alicyclic amines) is 1. The fraction of sp³-hybridized carbons (Fsp3) is 0.450. The van der Waals surface area contributed by atoms with Crippen molar-refractivity contribution in [2.75, 3.05) is 13.1 Å². The lowest BCUT2D eigenvalue weighted by Crippen LogP contribution is -2.43. The summed E-state index contributed by atoms with van der Waals surface area (Å²) in [4.78, 5) is 47.5. The smallest absolute Gasteiger partial charge is 0.332 e. The van der Waals surface area contributed by atoms with Crippen LogP contribution in [0.1, 0.15) is 18.5 Å². The maximum atomic E-state index is 12.8. The second kappa shape index (κ2) is 7.77. The van der Waals surface area contributed by atoms with Crippen molar-refractivity contribution in [2.24, 2.45) is 14.1 Å². The topological polar surface area (TPSA) is 104 Å². The number of ether oxygens (including phenoxy) is 1. The Balaban J connectivity index is 1.43. The molecule has 3 aromatic heterocycles. The molecular weight excluding hydrogens is 388 g/mol. The van der Waals surface area contributed by atoms with Crippen LogP contribution in [0.2, 0.25) is 0 Å². The predicted molar refractivity (Wildman–Crippen MR) is 109 cm³/mol. The van der Waals surface area contributed by atoms with Crippen LogP contribution in [0.15, 0.2) is 34.2 Å². The lowest BCUT2D eigenvalue weighted by Gasteiger charge is -2.32. The second-order valence-corrected chi connectivity index (χ2v) is 7.58. The first kappa shape index (κ1) is 19.9. The van der Waals surface area contributed by atoms with Gasteiger partial charge in [0.15, 0.2) is 11.2 Å². The normalized spacial score (nSPS) is 15.0. The first-order valence-corrected chi connectivity index (χ1v) is 9.83. The summed E-state index contributed by atoms with van der Waals surface area (Å²) < 4.78 is 9.80. The molecule has 0 radical (unpaired) electrons. The van der Waals surface area contributed by atoms with E-state index >= 15 is 0 Å². The molecule has 1 aliphatic rings. The summed E-state index contributed by atoms with van der Waals surface area (Å²) in [5, 5.41) is 0. The van der Waals surface area contributed by atoms with E-state index in [4.69, 9.17) is 4.74 Å². The Morgan fingerprint density at radius 3 is 2.53 bits per heavy atom. The fourth-order valence-corrected chi connectivity index (χ4v) is 3.70. The Bertz CT molecular complexity index is 1200. The number of pyridine rings is 1. The average Bonchev–Trinajstić information content (AvgIpc) is 3.16. The first-order valence-electron chi connectivity index (χ1n) is 9.83. The van der Waals surface area contributed by atoms with Gasteiger partial charge >= 0.3 is 5.69 Å². The van der Waals surface area contributed by atoms with Crippen molar-refractivity contribution in [3.05, 3.63) is 51.2 Å². The molecule has 1 amide bonds. The molecule has 0 saturated carbocycles. The Morgan fingerprint density at radius 2 is 1.87 bits per heavy atom. The molecule has 3 aromatic rings. The van der Waals surface area contributed by atoms with Crippen LogP contribution in [0.5, 0.6) is 5.75 Å². The van der Waals surface area contributed by atoms with Crippen molar-refractivity contribution in [1.29, 1.82) is 0 Å². The van der Waals surface area contributed by atoms with Crippen LogP contribution < -0.4 is 16.0 Å². The molecule has 30 heavy (non-hydrogen) atoms. The minimum Gasteiger partial charge on any atom is -0.489 e. The number of rotatable bonds is 4. The van der Waals surface area contributed by atoms with Crippen LogP contribution in [-0.4, -0.2) is 53.7 Å². The molecule has 0 spiro atoms. The standard InChI is InChI=1S/C20H24N6O4/c1-13-4-5-15(10-21-13)30-14-6-8-25(9-7-14)16(27)11-26-12-22-18-17(26)19(28)24(3)20(29)23(18)2/h4-5,10,12,14H,6-9,11H2,1-3H3. The highest BCUT2D eigenvalue weighted by atomic mass is 16.5. The van der Waals surface area contributed by atoms with Crippen molar-refractivity contribution >= 4 is 17.1 Å². The Morgan fingerprint density at radius 1 is 1.13 bits per heavy atom. The number of carbonyl (C=O) groups is 1. The Hall–Kier alpha value is -3.43. The zero-order chi connectivity index (χ0) is 21.4. The summed E-state index contributed by atoms with van der Waals surface area (Å²) in [5.74, 6) is 0.636. The van der Waals surface area contributed by atoms with Crippen LogP contribution >= 0.6 is 0 Å².